The first-order valence-corrected chi connectivity index (χ1v) is 7.60. The number of aryl methyl sites for hydroxylation is 2. The van der Waals surface area contributed by atoms with Crippen LogP contribution in [-0.2, 0) is 0 Å². The van der Waals surface area contributed by atoms with E-state index < -0.39 is 0 Å². The Kier molecular flexibility index (Phi) is 3.73. The molecule has 2 unspecified atom stereocenters. The molecule has 0 fully saturated rings. The molecular weight excluding hydrogens is 258 g/mol. The summed E-state index contributed by atoms with van der Waals surface area (Å²) in [5, 5.41) is 3.44. The minimum atomic E-state index is 0.123. The van der Waals surface area contributed by atoms with Gasteiger partial charge in [-0.3, -0.25) is 0 Å². The van der Waals surface area contributed by atoms with Gasteiger partial charge in [0, 0.05) is 18.0 Å². The standard InChI is InChI=1S/C19H23NO/c1-12-8-9-18-16(10-12)17(20-4)11-19(21-18)15-7-5-6-13(2)14(15)3/h5-10,17,19-20H,11H2,1-4H3. The summed E-state index contributed by atoms with van der Waals surface area (Å²) in [5.41, 5.74) is 6.53. The number of rotatable bonds is 2. The largest absolute Gasteiger partial charge is 0.485 e. The maximum atomic E-state index is 6.30. The Morgan fingerprint density at radius 2 is 1.86 bits per heavy atom. The van der Waals surface area contributed by atoms with Crippen LogP contribution in [0.5, 0.6) is 5.75 Å². The van der Waals surface area contributed by atoms with E-state index in [0.717, 1.165) is 12.2 Å². The van der Waals surface area contributed by atoms with Crippen molar-refractivity contribution >= 4 is 0 Å². The molecule has 110 valence electrons. The minimum absolute atomic E-state index is 0.123. The maximum absolute atomic E-state index is 6.30. The lowest BCUT2D eigenvalue weighted by atomic mass is 9.89. The van der Waals surface area contributed by atoms with Crippen LogP contribution in [0.2, 0.25) is 0 Å². The van der Waals surface area contributed by atoms with Crippen molar-refractivity contribution in [2.24, 2.45) is 0 Å². The first kappa shape index (κ1) is 14.2. The van der Waals surface area contributed by atoms with Gasteiger partial charge in [0.25, 0.3) is 0 Å². The normalized spacial score (nSPS) is 20.8. The van der Waals surface area contributed by atoms with Gasteiger partial charge >= 0.3 is 0 Å². The molecule has 21 heavy (non-hydrogen) atoms. The van der Waals surface area contributed by atoms with E-state index in [1.54, 1.807) is 0 Å². The summed E-state index contributed by atoms with van der Waals surface area (Å²) in [5.74, 6) is 1.01. The van der Waals surface area contributed by atoms with Gasteiger partial charge in [0.05, 0.1) is 0 Å². The number of ether oxygens (including phenoxy) is 1. The van der Waals surface area contributed by atoms with Gasteiger partial charge in [-0.2, -0.15) is 0 Å². The Hall–Kier alpha value is -1.80. The second-order valence-electron chi connectivity index (χ2n) is 6.01. The molecule has 1 N–H and O–H groups in total. The lowest BCUT2D eigenvalue weighted by Crippen LogP contribution is -2.27. The highest BCUT2D eigenvalue weighted by Gasteiger charge is 2.29. The molecule has 0 saturated carbocycles. The zero-order chi connectivity index (χ0) is 15.0. The molecule has 2 aromatic carbocycles. The van der Waals surface area contributed by atoms with Crippen molar-refractivity contribution in [1.29, 1.82) is 0 Å². The molecule has 3 rings (SSSR count). The Bertz CT molecular complexity index is 663. The fraction of sp³-hybridized carbons (Fsp3) is 0.368. The van der Waals surface area contributed by atoms with Crippen molar-refractivity contribution < 1.29 is 4.74 Å². The highest BCUT2D eigenvalue weighted by atomic mass is 16.5. The van der Waals surface area contributed by atoms with Crippen LogP contribution in [0.15, 0.2) is 36.4 Å². The summed E-state index contributed by atoms with van der Waals surface area (Å²) in [4.78, 5) is 0. The van der Waals surface area contributed by atoms with Crippen LogP contribution in [-0.4, -0.2) is 7.05 Å². The predicted octanol–water partition coefficient (Wildman–Crippen LogP) is 4.40. The van der Waals surface area contributed by atoms with Gasteiger partial charge in [-0.15, -0.1) is 0 Å². The van der Waals surface area contributed by atoms with Crippen molar-refractivity contribution in [1.82, 2.24) is 5.32 Å². The molecule has 2 heteroatoms. The highest BCUT2D eigenvalue weighted by Crippen LogP contribution is 2.41. The van der Waals surface area contributed by atoms with Crippen LogP contribution >= 0.6 is 0 Å². The van der Waals surface area contributed by atoms with Crippen molar-refractivity contribution in [3.05, 3.63) is 64.2 Å². The summed E-state index contributed by atoms with van der Waals surface area (Å²) >= 11 is 0. The highest BCUT2D eigenvalue weighted by molar-refractivity contribution is 5.43. The van der Waals surface area contributed by atoms with Crippen molar-refractivity contribution in [2.75, 3.05) is 7.05 Å². The van der Waals surface area contributed by atoms with Crippen LogP contribution in [0, 0.1) is 20.8 Å². The molecule has 1 heterocycles. The summed E-state index contributed by atoms with van der Waals surface area (Å²) in [6, 6.07) is 13.3. The van der Waals surface area contributed by atoms with E-state index in [1.807, 2.05) is 7.05 Å². The Morgan fingerprint density at radius 3 is 2.62 bits per heavy atom. The second kappa shape index (κ2) is 5.53. The van der Waals surface area contributed by atoms with E-state index >= 15 is 0 Å². The zero-order valence-corrected chi connectivity index (χ0v) is 13.2. The van der Waals surface area contributed by atoms with Gasteiger partial charge in [0.1, 0.15) is 11.9 Å². The quantitative estimate of drug-likeness (QED) is 0.881. The molecule has 0 aromatic heterocycles. The molecule has 2 atom stereocenters. The average molecular weight is 281 g/mol. The third kappa shape index (κ3) is 2.56. The SMILES string of the molecule is CNC1CC(c2cccc(C)c2C)Oc2ccc(C)cc21. The van der Waals surface area contributed by atoms with Gasteiger partial charge < -0.3 is 10.1 Å². The third-order valence-electron chi connectivity index (χ3n) is 4.60. The van der Waals surface area contributed by atoms with E-state index in [1.165, 1.54) is 27.8 Å². The first-order valence-electron chi connectivity index (χ1n) is 7.60. The summed E-state index contributed by atoms with van der Waals surface area (Å²) in [6.45, 7) is 6.48. The van der Waals surface area contributed by atoms with Gasteiger partial charge in [0.2, 0.25) is 0 Å². The van der Waals surface area contributed by atoms with E-state index in [-0.39, 0.29) is 6.10 Å². The molecule has 2 nitrogen and oxygen atoms in total. The van der Waals surface area contributed by atoms with Gasteiger partial charge in [-0.05, 0) is 50.6 Å². The fourth-order valence-corrected chi connectivity index (χ4v) is 3.18. The van der Waals surface area contributed by atoms with Crippen LogP contribution in [0.3, 0.4) is 0 Å². The summed E-state index contributed by atoms with van der Waals surface area (Å²) in [7, 11) is 2.03. The van der Waals surface area contributed by atoms with Crippen LogP contribution < -0.4 is 10.1 Å². The van der Waals surface area contributed by atoms with Crippen LogP contribution in [0.25, 0.3) is 0 Å². The predicted molar refractivity (Wildman–Crippen MR) is 86.9 cm³/mol. The Balaban J connectivity index is 2.01. The van der Waals surface area contributed by atoms with Gasteiger partial charge in [-0.1, -0.05) is 35.9 Å². The average Bonchev–Trinajstić information content (AvgIpc) is 2.49. The lowest BCUT2D eigenvalue weighted by Gasteiger charge is -2.33. The van der Waals surface area contributed by atoms with Crippen LogP contribution in [0.4, 0.5) is 0 Å². The molecular formula is C19H23NO. The molecule has 0 amide bonds. The van der Waals surface area contributed by atoms with Gasteiger partial charge in [-0.25, -0.2) is 0 Å². The van der Waals surface area contributed by atoms with E-state index in [4.69, 9.17) is 4.74 Å². The monoisotopic (exact) mass is 281 g/mol. The van der Waals surface area contributed by atoms with Crippen LogP contribution in [0.1, 0.15) is 46.4 Å². The third-order valence-corrected chi connectivity index (χ3v) is 4.60. The molecule has 0 spiro atoms. The van der Waals surface area contributed by atoms with E-state index in [2.05, 4.69) is 62.5 Å². The summed E-state index contributed by atoms with van der Waals surface area (Å²) < 4.78 is 6.30. The molecule has 0 aliphatic carbocycles. The van der Waals surface area contributed by atoms with Crippen molar-refractivity contribution in [3.8, 4) is 5.75 Å². The number of nitrogens with one attached hydrogen (secondary N) is 1. The summed E-state index contributed by atoms with van der Waals surface area (Å²) in [6.07, 6.45) is 1.09. The number of benzene rings is 2. The topological polar surface area (TPSA) is 21.3 Å². The minimum Gasteiger partial charge on any atom is -0.485 e. The molecule has 2 aromatic rings. The molecule has 1 aliphatic heterocycles. The Morgan fingerprint density at radius 1 is 1.05 bits per heavy atom. The maximum Gasteiger partial charge on any atom is 0.126 e. The fourth-order valence-electron chi connectivity index (χ4n) is 3.18. The number of hydrogen-bond donors (Lipinski definition) is 1. The lowest BCUT2D eigenvalue weighted by molar-refractivity contribution is 0.153. The first-order chi connectivity index (χ1) is 10.1. The smallest absolute Gasteiger partial charge is 0.126 e. The van der Waals surface area contributed by atoms with Crippen molar-refractivity contribution in [3.63, 3.8) is 0 Å². The van der Waals surface area contributed by atoms with Crippen molar-refractivity contribution in [2.45, 2.75) is 39.3 Å². The molecule has 1 aliphatic rings. The van der Waals surface area contributed by atoms with E-state index in [9.17, 15) is 0 Å². The Labute approximate surface area is 127 Å². The number of hydrogen-bond acceptors (Lipinski definition) is 2. The van der Waals surface area contributed by atoms with Gasteiger partial charge in [0.15, 0.2) is 0 Å². The zero-order valence-electron chi connectivity index (χ0n) is 13.2. The molecule has 0 bridgehead atoms. The number of fused-ring (bicyclic) bond motifs is 1. The molecule has 0 saturated heterocycles. The second-order valence-corrected chi connectivity index (χ2v) is 6.01. The molecule has 0 radical (unpaired) electrons. The van der Waals surface area contributed by atoms with E-state index in [0.29, 0.717) is 6.04 Å².